The first kappa shape index (κ1) is 21.8. The summed E-state index contributed by atoms with van der Waals surface area (Å²) in [5.74, 6) is 0.138. The monoisotopic (exact) mass is 400 g/mol. The first-order valence-electron chi connectivity index (χ1n) is 10.5. The molecule has 3 aromatic carbocycles. The summed E-state index contributed by atoms with van der Waals surface area (Å²) in [5.41, 5.74) is 3.13. The first-order chi connectivity index (χ1) is 14.4. The summed E-state index contributed by atoms with van der Waals surface area (Å²) in [6.07, 6.45) is 0.697. The lowest BCUT2D eigenvalue weighted by molar-refractivity contribution is 0.0882. The number of carbonyl (C=O) groups excluding carboxylic acids is 1. The SMILES string of the molecule is C[C@@H](CC(C(=O)c1ccc(N(C)C)cc1)(c1ccccc1)c1ccccc1)N(C)C. The van der Waals surface area contributed by atoms with Crippen LogP contribution in [0.4, 0.5) is 5.69 Å². The van der Waals surface area contributed by atoms with Crippen molar-refractivity contribution in [3.8, 4) is 0 Å². The van der Waals surface area contributed by atoms with Gasteiger partial charge in [-0.2, -0.15) is 0 Å². The van der Waals surface area contributed by atoms with Gasteiger partial charge in [0.25, 0.3) is 0 Å². The van der Waals surface area contributed by atoms with Crippen LogP contribution in [0.15, 0.2) is 84.9 Å². The lowest BCUT2D eigenvalue weighted by Gasteiger charge is -2.38. The highest BCUT2D eigenvalue weighted by molar-refractivity contribution is 6.06. The number of hydrogen-bond acceptors (Lipinski definition) is 3. The average Bonchev–Trinajstić information content (AvgIpc) is 2.78. The third kappa shape index (κ3) is 4.31. The molecule has 0 radical (unpaired) electrons. The number of rotatable bonds is 8. The molecule has 0 bridgehead atoms. The van der Waals surface area contributed by atoms with Crippen molar-refractivity contribution >= 4 is 11.5 Å². The van der Waals surface area contributed by atoms with Gasteiger partial charge in [0, 0.05) is 31.4 Å². The Kier molecular flexibility index (Phi) is 6.73. The Bertz CT molecular complexity index is 908. The van der Waals surface area contributed by atoms with Crippen LogP contribution in [0.1, 0.15) is 34.8 Å². The fourth-order valence-electron chi connectivity index (χ4n) is 3.99. The summed E-state index contributed by atoms with van der Waals surface area (Å²) in [7, 11) is 8.16. The molecule has 30 heavy (non-hydrogen) atoms. The second kappa shape index (κ2) is 9.27. The van der Waals surface area contributed by atoms with Crippen LogP contribution >= 0.6 is 0 Å². The minimum Gasteiger partial charge on any atom is -0.378 e. The van der Waals surface area contributed by atoms with Gasteiger partial charge in [-0.15, -0.1) is 0 Å². The molecule has 0 aliphatic rings. The maximum Gasteiger partial charge on any atom is 0.177 e. The molecule has 1 atom stereocenters. The highest BCUT2D eigenvalue weighted by Crippen LogP contribution is 2.40. The summed E-state index contributed by atoms with van der Waals surface area (Å²) in [6, 6.07) is 28.6. The number of nitrogens with zero attached hydrogens (tertiary/aromatic N) is 2. The van der Waals surface area contributed by atoms with E-state index in [9.17, 15) is 4.79 Å². The molecule has 0 fully saturated rings. The third-order valence-corrected chi connectivity index (χ3v) is 6.05. The minimum atomic E-state index is -0.758. The van der Waals surface area contributed by atoms with E-state index < -0.39 is 5.41 Å². The van der Waals surface area contributed by atoms with Crippen molar-refractivity contribution in [3.05, 3.63) is 102 Å². The van der Waals surface area contributed by atoms with Gasteiger partial charge >= 0.3 is 0 Å². The van der Waals surface area contributed by atoms with Gasteiger partial charge in [0.2, 0.25) is 0 Å². The van der Waals surface area contributed by atoms with Crippen molar-refractivity contribution in [2.45, 2.75) is 24.8 Å². The molecule has 0 amide bonds. The molecule has 0 spiro atoms. The van der Waals surface area contributed by atoms with Crippen molar-refractivity contribution in [1.29, 1.82) is 0 Å². The topological polar surface area (TPSA) is 23.6 Å². The molecule has 3 rings (SSSR count). The van der Waals surface area contributed by atoms with E-state index in [0.717, 1.165) is 22.4 Å². The Labute approximate surface area is 181 Å². The normalized spacial score (nSPS) is 12.6. The lowest BCUT2D eigenvalue weighted by Crippen LogP contribution is -2.43. The Morgan fingerprint density at radius 3 is 1.63 bits per heavy atom. The van der Waals surface area contributed by atoms with Gasteiger partial charge in [-0.25, -0.2) is 0 Å². The minimum absolute atomic E-state index is 0.138. The number of anilines is 1. The number of Topliss-reactive ketones (excluding diaryl/α,β-unsaturated/α-hetero) is 1. The number of hydrogen-bond donors (Lipinski definition) is 0. The highest BCUT2D eigenvalue weighted by Gasteiger charge is 2.43. The molecule has 0 saturated heterocycles. The van der Waals surface area contributed by atoms with Gasteiger partial charge < -0.3 is 9.80 Å². The van der Waals surface area contributed by atoms with Crippen LogP contribution in [0.3, 0.4) is 0 Å². The van der Waals surface area contributed by atoms with Crippen LogP contribution in [0.5, 0.6) is 0 Å². The Morgan fingerprint density at radius 1 is 0.767 bits per heavy atom. The zero-order valence-corrected chi connectivity index (χ0v) is 18.7. The zero-order valence-electron chi connectivity index (χ0n) is 18.7. The molecule has 0 N–H and O–H groups in total. The van der Waals surface area contributed by atoms with Crippen molar-refractivity contribution in [3.63, 3.8) is 0 Å². The van der Waals surface area contributed by atoms with Gasteiger partial charge in [-0.05, 0) is 62.8 Å². The van der Waals surface area contributed by atoms with Crippen molar-refractivity contribution < 1.29 is 4.79 Å². The average molecular weight is 401 g/mol. The molecule has 0 aliphatic carbocycles. The standard InChI is InChI=1S/C27H32N2O/c1-21(28(2)3)20-27(23-12-8-6-9-13-23,24-14-10-7-11-15-24)26(30)22-16-18-25(19-17-22)29(4)5/h6-19,21H,20H2,1-5H3/t21-/m0/s1. The van der Waals surface area contributed by atoms with E-state index in [1.807, 2.05) is 79.7 Å². The van der Waals surface area contributed by atoms with E-state index in [0.29, 0.717) is 6.42 Å². The van der Waals surface area contributed by atoms with Gasteiger partial charge in [0.05, 0.1) is 5.41 Å². The molecule has 0 heterocycles. The van der Waals surface area contributed by atoms with Crippen LogP contribution in [0.25, 0.3) is 0 Å². The molecule has 0 aromatic heterocycles. The Balaban J connectivity index is 2.22. The predicted molar refractivity (Wildman–Crippen MR) is 127 cm³/mol. The lowest BCUT2D eigenvalue weighted by atomic mass is 9.66. The second-order valence-electron chi connectivity index (χ2n) is 8.42. The van der Waals surface area contributed by atoms with Gasteiger partial charge in [0.15, 0.2) is 5.78 Å². The molecule has 0 unspecified atom stereocenters. The summed E-state index contributed by atoms with van der Waals surface area (Å²) >= 11 is 0. The summed E-state index contributed by atoms with van der Waals surface area (Å²) in [5, 5.41) is 0. The van der Waals surface area contributed by atoms with E-state index in [2.05, 4.69) is 50.2 Å². The smallest absolute Gasteiger partial charge is 0.177 e. The van der Waals surface area contributed by atoms with E-state index in [4.69, 9.17) is 0 Å². The van der Waals surface area contributed by atoms with Crippen LogP contribution in [-0.2, 0) is 5.41 Å². The number of benzene rings is 3. The summed E-state index contributed by atoms with van der Waals surface area (Å²) in [6.45, 7) is 2.18. The fourth-order valence-corrected chi connectivity index (χ4v) is 3.99. The summed E-state index contributed by atoms with van der Waals surface area (Å²) in [4.78, 5) is 18.5. The maximum absolute atomic E-state index is 14.3. The van der Waals surface area contributed by atoms with Crippen LogP contribution in [0, 0.1) is 0 Å². The van der Waals surface area contributed by atoms with Crippen LogP contribution < -0.4 is 4.90 Å². The Morgan fingerprint density at radius 2 is 1.23 bits per heavy atom. The molecule has 0 aliphatic heterocycles. The van der Waals surface area contributed by atoms with E-state index in [1.54, 1.807) is 0 Å². The second-order valence-corrected chi connectivity index (χ2v) is 8.42. The highest BCUT2D eigenvalue weighted by atomic mass is 16.1. The quantitative estimate of drug-likeness (QED) is 0.482. The van der Waals surface area contributed by atoms with Gasteiger partial charge in [-0.3, -0.25) is 4.79 Å². The largest absolute Gasteiger partial charge is 0.378 e. The van der Waals surface area contributed by atoms with Crippen molar-refractivity contribution in [1.82, 2.24) is 4.90 Å². The molecule has 3 heteroatoms. The molecule has 0 saturated carbocycles. The molecular weight excluding hydrogens is 368 g/mol. The van der Waals surface area contributed by atoms with E-state index in [1.165, 1.54) is 0 Å². The summed E-state index contributed by atoms with van der Waals surface area (Å²) < 4.78 is 0. The fraction of sp³-hybridized carbons (Fsp3) is 0.296. The van der Waals surface area contributed by atoms with E-state index >= 15 is 0 Å². The van der Waals surface area contributed by atoms with Crippen LogP contribution in [0.2, 0.25) is 0 Å². The molecule has 3 aromatic rings. The maximum atomic E-state index is 14.3. The predicted octanol–water partition coefficient (Wildman–Crippen LogP) is 5.26. The first-order valence-corrected chi connectivity index (χ1v) is 10.5. The third-order valence-electron chi connectivity index (χ3n) is 6.05. The van der Waals surface area contributed by atoms with Gasteiger partial charge in [-0.1, -0.05) is 60.7 Å². The van der Waals surface area contributed by atoms with E-state index in [-0.39, 0.29) is 11.8 Å². The zero-order chi connectivity index (χ0) is 21.7. The van der Waals surface area contributed by atoms with Crippen molar-refractivity contribution in [2.75, 3.05) is 33.1 Å². The molecule has 156 valence electrons. The van der Waals surface area contributed by atoms with Crippen molar-refractivity contribution in [2.24, 2.45) is 0 Å². The molecular formula is C27H32N2O. The Hall–Kier alpha value is -2.91. The molecule has 3 nitrogen and oxygen atoms in total. The number of ketones is 1. The van der Waals surface area contributed by atoms with Gasteiger partial charge in [0.1, 0.15) is 0 Å². The van der Waals surface area contributed by atoms with Crippen LogP contribution in [-0.4, -0.2) is 44.9 Å². The number of carbonyl (C=O) groups is 1.